The highest BCUT2D eigenvalue weighted by atomic mass is 19.1. The molecule has 0 spiro atoms. The zero-order valence-corrected chi connectivity index (χ0v) is 15.8. The summed E-state index contributed by atoms with van der Waals surface area (Å²) in [6, 6.07) is 9.68. The van der Waals surface area contributed by atoms with E-state index >= 15 is 0 Å². The number of carbonyl (C=O) groups is 1. The van der Waals surface area contributed by atoms with E-state index in [1.54, 1.807) is 44.4 Å². The fourth-order valence-electron chi connectivity index (χ4n) is 2.98. The van der Waals surface area contributed by atoms with Gasteiger partial charge in [-0.25, -0.2) is 23.3 Å². The maximum atomic E-state index is 13.6. The molecule has 4 aromatic rings. The van der Waals surface area contributed by atoms with Crippen molar-refractivity contribution >= 4 is 17.2 Å². The summed E-state index contributed by atoms with van der Waals surface area (Å²) in [4.78, 5) is 33.4. The molecular formula is C20H17FN6O2. The lowest BCUT2D eigenvalue weighted by molar-refractivity contribution is -0.117. The lowest BCUT2D eigenvalue weighted by Crippen LogP contribution is -2.29. The van der Waals surface area contributed by atoms with Crippen molar-refractivity contribution in [3.05, 3.63) is 76.5 Å². The first-order valence-electron chi connectivity index (χ1n) is 8.86. The van der Waals surface area contributed by atoms with E-state index in [9.17, 15) is 14.0 Å². The third-order valence-corrected chi connectivity index (χ3v) is 4.46. The monoisotopic (exact) mass is 392 g/mol. The predicted molar refractivity (Wildman–Crippen MR) is 105 cm³/mol. The van der Waals surface area contributed by atoms with E-state index in [2.05, 4.69) is 20.4 Å². The first-order valence-corrected chi connectivity index (χ1v) is 8.86. The van der Waals surface area contributed by atoms with Gasteiger partial charge < -0.3 is 5.32 Å². The average molecular weight is 392 g/mol. The van der Waals surface area contributed by atoms with Crippen LogP contribution in [0, 0.1) is 19.7 Å². The average Bonchev–Trinajstić information content (AvgIpc) is 3.01. The van der Waals surface area contributed by atoms with Crippen LogP contribution >= 0.6 is 0 Å². The summed E-state index contributed by atoms with van der Waals surface area (Å²) in [5.41, 5.74) is 2.18. The number of anilines is 1. The molecule has 1 aromatic carbocycles. The fourth-order valence-corrected chi connectivity index (χ4v) is 2.98. The van der Waals surface area contributed by atoms with Gasteiger partial charge in [0.25, 0.3) is 0 Å². The van der Waals surface area contributed by atoms with Crippen molar-refractivity contribution < 1.29 is 9.18 Å². The molecule has 0 saturated carbocycles. The zero-order chi connectivity index (χ0) is 20.5. The molecule has 0 saturated heterocycles. The quantitative estimate of drug-likeness (QED) is 0.575. The largest absolute Gasteiger partial charge is 0.352 e. The zero-order valence-electron chi connectivity index (χ0n) is 15.8. The molecule has 0 aliphatic rings. The van der Waals surface area contributed by atoms with E-state index in [-0.39, 0.29) is 6.54 Å². The summed E-state index contributed by atoms with van der Waals surface area (Å²) < 4.78 is 16.0. The van der Waals surface area contributed by atoms with Gasteiger partial charge in [0.1, 0.15) is 18.2 Å². The van der Waals surface area contributed by atoms with Crippen LogP contribution in [-0.4, -0.2) is 30.1 Å². The van der Waals surface area contributed by atoms with Crippen molar-refractivity contribution in [2.45, 2.75) is 20.4 Å². The second kappa shape index (κ2) is 7.27. The molecule has 8 nitrogen and oxygen atoms in total. The molecule has 9 heteroatoms. The van der Waals surface area contributed by atoms with Gasteiger partial charge in [0.05, 0.1) is 5.69 Å². The molecular weight excluding hydrogens is 375 g/mol. The topological polar surface area (TPSA) is 94.2 Å². The highest BCUT2D eigenvalue weighted by molar-refractivity contribution is 5.90. The number of aromatic nitrogens is 5. The second-order valence-corrected chi connectivity index (χ2v) is 6.57. The molecule has 0 atom stereocenters. The highest BCUT2D eigenvalue weighted by Gasteiger charge is 2.15. The first-order chi connectivity index (χ1) is 13.9. The van der Waals surface area contributed by atoms with Crippen molar-refractivity contribution in [1.29, 1.82) is 0 Å². The minimum atomic E-state index is -0.487. The molecule has 1 N–H and O–H groups in total. The number of fused-ring (bicyclic) bond motifs is 1. The number of aryl methyl sites for hydroxylation is 2. The van der Waals surface area contributed by atoms with Gasteiger partial charge in [-0.3, -0.25) is 9.78 Å². The fraction of sp³-hybridized carbons (Fsp3) is 0.150. The smallest absolute Gasteiger partial charge is 0.324 e. The SMILES string of the molecule is Cc1ccc(NC(=O)Cn2nc3cc(-c4ccncc4)nc(C)n3c2=O)cc1F. The van der Waals surface area contributed by atoms with E-state index in [4.69, 9.17) is 0 Å². The van der Waals surface area contributed by atoms with Crippen molar-refractivity contribution in [2.24, 2.45) is 0 Å². The predicted octanol–water partition coefficient (Wildman–Crippen LogP) is 2.35. The lowest BCUT2D eigenvalue weighted by Gasteiger charge is -2.05. The molecule has 0 aliphatic carbocycles. The number of pyridine rings is 1. The lowest BCUT2D eigenvalue weighted by atomic mass is 10.2. The van der Waals surface area contributed by atoms with Gasteiger partial charge >= 0.3 is 5.69 Å². The number of benzene rings is 1. The van der Waals surface area contributed by atoms with Crippen molar-refractivity contribution in [3.8, 4) is 11.3 Å². The summed E-state index contributed by atoms with van der Waals surface area (Å²) in [5.74, 6) is -0.455. The van der Waals surface area contributed by atoms with Crippen LogP contribution in [0.3, 0.4) is 0 Å². The normalized spacial score (nSPS) is 11.0. The number of hydrogen-bond donors (Lipinski definition) is 1. The molecule has 0 fully saturated rings. The third-order valence-electron chi connectivity index (χ3n) is 4.46. The summed E-state index contributed by atoms with van der Waals surface area (Å²) in [5, 5.41) is 6.82. The molecule has 1 amide bonds. The molecule has 0 bridgehead atoms. The highest BCUT2D eigenvalue weighted by Crippen LogP contribution is 2.17. The second-order valence-electron chi connectivity index (χ2n) is 6.57. The number of halogens is 1. The molecule has 0 aliphatic heterocycles. The first kappa shape index (κ1) is 18.5. The molecule has 0 unspecified atom stereocenters. The Morgan fingerprint density at radius 3 is 2.62 bits per heavy atom. The Kier molecular flexibility index (Phi) is 4.63. The van der Waals surface area contributed by atoms with E-state index < -0.39 is 17.4 Å². The Balaban J connectivity index is 1.63. The Labute approximate surface area is 164 Å². The number of hydrogen-bond acceptors (Lipinski definition) is 5. The standard InChI is InChI=1S/C20H17FN6O2/c1-12-3-4-15(9-16(12)21)24-19(28)11-26-20(29)27-13(2)23-17(10-18(27)25-26)14-5-7-22-8-6-14/h3-10H,11H2,1-2H3,(H,24,28). The Morgan fingerprint density at radius 2 is 1.90 bits per heavy atom. The Bertz CT molecular complexity index is 1280. The van der Waals surface area contributed by atoms with Crippen LogP contribution in [0.15, 0.2) is 53.6 Å². The molecule has 3 aromatic heterocycles. The van der Waals surface area contributed by atoms with Gasteiger partial charge in [-0.05, 0) is 43.7 Å². The maximum Gasteiger partial charge on any atom is 0.352 e. The molecule has 4 rings (SSSR count). The van der Waals surface area contributed by atoms with Crippen LogP contribution in [0.4, 0.5) is 10.1 Å². The van der Waals surface area contributed by atoms with Crippen LogP contribution in [-0.2, 0) is 11.3 Å². The minimum Gasteiger partial charge on any atom is -0.324 e. The summed E-state index contributed by atoms with van der Waals surface area (Å²) in [6.07, 6.45) is 3.30. The van der Waals surface area contributed by atoms with Gasteiger partial charge in [-0.1, -0.05) is 6.07 Å². The number of nitrogens with zero attached hydrogens (tertiary/aromatic N) is 5. The summed E-state index contributed by atoms with van der Waals surface area (Å²) >= 11 is 0. The van der Waals surface area contributed by atoms with Crippen molar-refractivity contribution in [1.82, 2.24) is 24.1 Å². The molecule has 3 heterocycles. The van der Waals surface area contributed by atoms with Gasteiger partial charge in [0, 0.05) is 29.7 Å². The van der Waals surface area contributed by atoms with Gasteiger partial charge in [0.15, 0.2) is 5.65 Å². The Hall–Kier alpha value is -3.88. The number of nitrogens with one attached hydrogen (secondary N) is 1. The van der Waals surface area contributed by atoms with Crippen molar-refractivity contribution in [2.75, 3.05) is 5.32 Å². The van der Waals surface area contributed by atoms with Gasteiger partial charge in [0.2, 0.25) is 5.91 Å². The number of rotatable bonds is 4. The minimum absolute atomic E-state index is 0.306. The summed E-state index contributed by atoms with van der Waals surface area (Å²) in [6.45, 7) is 3.02. The van der Waals surface area contributed by atoms with Gasteiger partial charge in [-0.2, -0.15) is 0 Å². The van der Waals surface area contributed by atoms with Crippen molar-refractivity contribution in [3.63, 3.8) is 0 Å². The van der Waals surface area contributed by atoms with Crippen LogP contribution < -0.4 is 11.0 Å². The molecule has 29 heavy (non-hydrogen) atoms. The summed E-state index contributed by atoms with van der Waals surface area (Å²) in [7, 11) is 0. The molecule has 0 radical (unpaired) electrons. The van der Waals surface area contributed by atoms with E-state index in [1.807, 2.05) is 12.1 Å². The third kappa shape index (κ3) is 3.62. The van der Waals surface area contributed by atoms with Crippen LogP contribution in [0.2, 0.25) is 0 Å². The number of carbonyl (C=O) groups excluding carboxylic acids is 1. The van der Waals surface area contributed by atoms with E-state index in [0.717, 1.165) is 10.2 Å². The van der Waals surface area contributed by atoms with Crippen LogP contribution in [0.5, 0.6) is 0 Å². The van der Waals surface area contributed by atoms with Crippen LogP contribution in [0.1, 0.15) is 11.4 Å². The maximum absolute atomic E-state index is 13.6. The van der Waals surface area contributed by atoms with Gasteiger partial charge in [-0.15, -0.1) is 5.10 Å². The van der Waals surface area contributed by atoms with Crippen LogP contribution in [0.25, 0.3) is 16.9 Å². The number of amides is 1. The van der Waals surface area contributed by atoms with E-state index in [1.165, 1.54) is 10.5 Å². The van der Waals surface area contributed by atoms with E-state index in [0.29, 0.717) is 28.4 Å². The molecule has 146 valence electrons. The Morgan fingerprint density at radius 1 is 1.14 bits per heavy atom.